The summed E-state index contributed by atoms with van der Waals surface area (Å²) in [4.78, 5) is 4.52. The van der Waals surface area contributed by atoms with E-state index >= 15 is 0 Å². The molecule has 1 N–H and O–H groups in total. The molecule has 0 bridgehead atoms. The highest BCUT2D eigenvalue weighted by Gasteiger charge is 2.03. The first-order valence-corrected chi connectivity index (χ1v) is 5.93. The van der Waals surface area contributed by atoms with E-state index in [2.05, 4.69) is 36.2 Å². The van der Waals surface area contributed by atoms with Crippen molar-refractivity contribution in [3.05, 3.63) is 65.6 Å². The first-order chi connectivity index (χ1) is 8.70. The minimum Gasteiger partial charge on any atom is -0.506 e. The second-order valence-electron chi connectivity index (χ2n) is 4.55. The third-order valence-corrected chi connectivity index (χ3v) is 2.99. The predicted molar refractivity (Wildman–Crippen MR) is 70.8 cm³/mol. The number of benzene rings is 1. The fourth-order valence-electron chi connectivity index (χ4n) is 2.03. The molecule has 0 saturated carbocycles. The Morgan fingerprint density at radius 1 is 1.06 bits per heavy atom. The van der Waals surface area contributed by atoms with Crippen LogP contribution in [0.2, 0.25) is 0 Å². The van der Waals surface area contributed by atoms with Crippen LogP contribution < -0.4 is 0 Å². The number of imidazole rings is 1. The summed E-state index contributed by atoms with van der Waals surface area (Å²) in [6, 6.07) is 11.9. The zero-order valence-electron chi connectivity index (χ0n) is 10.2. The van der Waals surface area contributed by atoms with Crippen LogP contribution in [0.4, 0.5) is 0 Å². The monoisotopic (exact) mass is 238 g/mol. The second kappa shape index (κ2) is 4.18. The molecule has 90 valence electrons. The molecule has 18 heavy (non-hydrogen) atoms. The molecule has 0 spiro atoms. The van der Waals surface area contributed by atoms with E-state index in [9.17, 15) is 5.11 Å². The van der Waals surface area contributed by atoms with Gasteiger partial charge < -0.3 is 9.51 Å². The average Bonchev–Trinajstić information content (AvgIpc) is 2.73. The van der Waals surface area contributed by atoms with E-state index < -0.39 is 0 Å². The number of pyridine rings is 1. The number of fused-ring (bicyclic) bond motifs is 1. The molecule has 2 heterocycles. The van der Waals surface area contributed by atoms with Gasteiger partial charge in [0, 0.05) is 12.6 Å². The first kappa shape index (κ1) is 10.8. The van der Waals surface area contributed by atoms with Crippen LogP contribution in [-0.2, 0) is 6.42 Å². The molecule has 0 aliphatic heterocycles. The summed E-state index contributed by atoms with van der Waals surface area (Å²) >= 11 is 0. The Kier molecular flexibility index (Phi) is 2.52. The summed E-state index contributed by atoms with van der Waals surface area (Å²) in [5.74, 6) is 0.252. The molecule has 3 rings (SSSR count). The number of rotatable bonds is 2. The Hall–Kier alpha value is -2.29. The Morgan fingerprint density at radius 3 is 2.61 bits per heavy atom. The lowest BCUT2D eigenvalue weighted by Crippen LogP contribution is -1.87. The van der Waals surface area contributed by atoms with Crippen molar-refractivity contribution in [1.29, 1.82) is 0 Å². The van der Waals surface area contributed by atoms with Crippen LogP contribution in [0.15, 0.2) is 48.8 Å². The van der Waals surface area contributed by atoms with Crippen molar-refractivity contribution in [3.8, 4) is 5.75 Å². The van der Waals surface area contributed by atoms with Crippen molar-refractivity contribution in [1.82, 2.24) is 9.38 Å². The Bertz CT molecular complexity index is 683. The lowest BCUT2D eigenvalue weighted by molar-refractivity contribution is 0.472. The number of aromatic nitrogens is 2. The van der Waals surface area contributed by atoms with Gasteiger partial charge >= 0.3 is 0 Å². The molecule has 0 radical (unpaired) electrons. The molecule has 2 aromatic heterocycles. The molecule has 0 unspecified atom stereocenters. The van der Waals surface area contributed by atoms with Crippen LogP contribution in [0.5, 0.6) is 5.75 Å². The molecular formula is C15H14N2O. The first-order valence-electron chi connectivity index (χ1n) is 5.93. The summed E-state index contributed by atoms with van der Waals surface area (Å²) in [6.07, 6.45) is 4.43. The largest absolute Gasteiger partial charge is 0.506 e. The summed E-state index contributed by atoms with van der Waals surface area (Å²) in [5, 5.41) is 9.41. The van der Waals surface area contributed by atoms with E-state index in [0.29, 0.717) is 0 Å². The van der Waals surface area contributed by atoms with Crippen molar-refractivity contribution >= 4 is 5.65 Å². The number of hydrogen-bond donors (Lipinski definition) is 1. The van der Waals surface area contributed by atoms with Crippen molar-refractivity contribution in [2.75, 3.05) is 0 Å². The molecule has 3 nitrogen and oxygen atoms in total. The van der Waals surface area contributed by atoms with Crippen molar-refractivity contribution in [2.45, 2.75) is 13.3 Å². The van der Waals surface area contributed by atoms with Crippen LogP contribution >= 0.6 is 0 Å². The van der Waals surface area contributed by atoms with Gasteiger partial charge in [-0.05, 0) is 24.6 Å². The SMILES string of the molecule is Cc1ccc(Cc2cn3cc(O)ccc3n2)cc1. The van der Waals surface area contributed by atoms with Gasteiger partial charge in [0.15, 0.2) is 0 Å². The predicted octanol–water partition coefficient (Wildman–Crippen LogP) is 2.94. The highest BCUT2D eigenvalue weighted by atomic mass is 16.3. The maximum Gasteiger partial charge on any atom is 0.137 e. The molecule has 3 aromatic rings. The standard InChI is InChI=1S/C15H14N2O/c1-11-2-4-12(5-3-11)8-13-9-17-10-14(18)6-7-15(17)16-13/h2-7,9-10,18H,8H2,1H3. The van der Waals surface area contributed by atoms with Gasteiger partial charge in [0.1, 0.15) is 11.4 Å². The average molecular weight is 238 g/mol. The van der Waals surface area contributed by atoms with Crippen molar-refractivity contribution in [3.63, 3.8) is 0 Å². The third-order valence-electron chi connectivity index (χ3n) is 2.99. The third kappa shape index (κ3) is 2.07. The van der Waals surface area contributed by atoms with Gasteiger partial charge in [0.25, 0.3) is 0 Å². The molecule has 0 aliphatic rings. The maximum absolute atomic E-state index is 9.41. The lowest BCUT2D eigenvalue weighted by Gasteiger charge is -1.98. The molecule has 0 fully saturated rings. The number of hydrogen-bond acceptors (Lipinski definition) is 2. The fraction of sp³-hybridized carbons (Fsp3) is 0.133. The van der Waals surface area contributed by atoms with E-state index in [-0.39, 0.29) is 5.75 Å². The highest BCUT2D eigenvalue weighted by Crippen LogP contribution is 2.14. The minimum absolute atomic E-state index is 0.252. The molecule has 0 atom stereocenters. The van der Waals surface area contributed by atoms with Gasteiger partial charge in [-0.1, -0.05) is 29.8 Å². The van der Waals surface area contributed by atoms with Gasteiger partial charge in [-0.2, -0.15) is 0 Å². The van der Waals surface area contributed by atoms with Gasteiger partial charge in [-0.15, -0.1) is 0 Å². The van der Waals surface area contributed by atoms with Crippen LogP contribution in [0, 0.1) is 6.92 Å². The zero-order chi connectivity index (χ0) is 12.5. The Balaban J connectivity index is 1.92. The fourth-order valence-corrected chi connectivity index (χ4v) is 2.03. The smallest absolute Gasteiger partial charge is 0.137 e. The summed E-state index contributed by atoms with van der Waals surface area (Å²) in [7, 11) is 0. The van der Waals surface area contributed by atoms with Gasteiger partial charge in [0.05, 0.1) is 11.9 Å². The molecule has 1 aromatic carbocycles. The number of aromatic hydroxyl groups is 1. The summed E-state index contributed by atoms with van der Waals surface area (Å²) in [6.45, 7) is 2.08. The van der Waals surface area contributed by atoms with E-state index in [1.807, 2.05) is 16.7 Å². The Labute approximate surface area is 105 Å². The topological polar surface area (TPSA) is 37.5 Å². The number of nitrogens with zero attached hydrogens (tertiary/aromatic N) is 2. The molecule has 0 amide bonds. The van der Waals surface area contributed by atoms with Gasteiger partial charge in [-0.3, -0.25) is 0 Å². The normalized spacial score (nSPS) is 10.9. The lowest BCUT2D eigenvalue weighted by atomic mass is 10.1. The summed E-state index contributed by atoms with van der Waals surface area (Å²) < 4.78 is 1.85. The molecule has 0 aliphatic carbocycles. The second-order valence-corrected chi connectivity index (χ2v) is 4.55. The van der Waals surface area contributed by atoms with Gasteiger partial charge in [0.2, 0.25) is 0 Å². The van der Waals surface area contributed by atoms with E-state index in [0.717, 1.165) is 17.8 Å². The van der Waals surface area contributed by atoms with Crippen LogP contribution in [-0.4, -0.2) is 14.5 Å². The maximum atomic E-state index is 9.41. The van der Waals surface area contributed by atoms with E-state index in [1.165, 1.54) is 11.1 Å². The number of aryl methyl sites for hydroxylation is 1. The molecular weight excluding hydrogens is 224 g/mol. The summed E-state index contributed by atoms with van der Waals surface area (Å²) in [5.41, 5.74) is 4.37. The van der Waals surface area contributed by atoms with Crippen LogP contribution in [0.1, 0.15) is 16.8 Å². The Morgan fingerprint density at radius 2 is 1.83 bits per heavy atom. The van der Waals surface area contributed by atoms with Crippen molar-refractivity contribution in [2.24, 2.45) is 0 Å². The zero-order valence-corrected chi connectivity index (χ0v) is 10.2. The van der Waals surface area contributed by atoms with Crippen molar-refractivity contribution < 1.29 is 5.11 Å². The minimum atomic E-state index is 0.252. The molecule has 3 heteroatoms. The quantitative estimate of drug-likeness (QED) is 0.745. The highest BCUT2D eigenvalue weighted by molar-refractivity contribution is 5.43. The van der Waals surface area contributed by atoms with E-state index in [4.69, 9.17) is 0 Å². The molecule has 0 saturated heterocycles. The van der Waals surface area contributed by atoms with E-state index in [1.54, 1.807) is 12.3 Å². The van der Waals surface area contributed by atoms with Crippen LogP contribution in [0.25, 0.3) is 5.65 Å². The van der Waals surface area contributed by atoms with Gasteiger partial charge in [-0.25, -0.2) is 4.98 Å². The van der Waals surface area contributed by atoms with Crippen LogP contribution in [0.3, 0.4) is 0 Å².